The van der Waals surface area contributed by atoms with Crippen LogP contribution < -0.4 is 5.32 Å². The van der Waals surface area contributed by atoms with Crippen molar-refractivity contribution in [3.8, 4) is 21.8 Å². The molecule has 138 valence electrons. The van der Waals surface area contributed by atoms with Crippen molar-refractivity contribution in [2.75, 3.05) is 5.32 Å². The van der Waals surface area contributed by atoms with Gasteiger partial charge in [0.2, 0.25) is 5.91 Å². The summed E-state index contributed by atoms with van der Waals surface area (Å²) in [5.41, 5.74) is 6.66. The van der Waals surface area contributed by atoms with E-state index >= 15 is 0 Å². The van der Waals surface area contributed by atoms with Gasteiger partial charge >= 0.3 is 0 Å². The van der Waals surface area contributed by atoms with Crippen molar-refractivity contribution >= 4 is 22.4 Å². The SMILES string of the molecule is CC(=O)Nc1nc2c(s1)-c1c(c(-c3ccc(C)nc3)nn1C1CC1)C(C)C2. The summed E-state index contributed by atoms with van der Waals surface area (Å²) in [5, 5.41) is 8.56. The third-order valence-electron chi connectivity index (χ3n) is 5.21. The number of rotatable bonds is 3. The van der Waals surface area contributed by atoms with Gasteiger partial charge in [-0.2, -0.15) is 5.10 Å². The van der Waals surface area contributed by atoms with E-state index < -0.39 is 0 Å². The number of anilines is 1. The molecule has 1 saturated carbocycles. The quantitative estimate of drug-likeness (QED) is 0.735. The number of amides is 1. The first kappa shape index (κ1) is 16.6. The minimum absolute atomic E-state index is 0.0866. The number of thiazole rings is 1. The summed E-state index contributed by atoms with van der Waals surface area (Å²) in [6.07, 6.45) is 5.12. The molecule has 6 nitrogen and oxygen atoms in total. The van der Waals surface area contributed by atoms with Crippen LogP contribution in [0.2, 0.25) is 0 Å². The Morgan fingerprint density at radius 2 is 2.15 bits per heavy atom. The average Bonchev–Trinajstić information content (AvgIpc) is 3.26. The molecule has 0 spiro atoms. The topological polar surface area (TPSA) is 72.7 Å². The molecule has 5 rings (SSSR count). The Hall–Kier alpha value is -2.54. The molecule has 1 atom stereocenters. The smallest absolute Gasteiger partial charge is 0.223 e. The van der Waals surface area contributed by atoms with E-state index in [0.717, 1.165) is 33.9 Å². The highest BCUT2D eigenvalue weighted by atomic mass is 32.1. The third kappa shape index (κ3) is 2.77. The summed E-state index contributed by atoms with van der Waals surface area (Å²) in [4.78, 5) is 21.8. The number of fused-ring (bicyclic) bond motifs is 3. The monoisotopic (exact) mass is 379 g/mol. The number of nitrogens with one attached hydrogen (secondary N) is 1. The second-order valence-electron chi connectivity index (χ2n) is 7.56. The molecule has 2 aliphatic rings. The van der Waals surface area contributed by atoms with Crippen LogP contribution >= 0.6 is 11.3 Å². The molecule has 2 aliphatic carbocycles. The fourth-order valence-electron chi connectivity index (χ4n) is 3.82. The maximum absolute atomic E-state index is 11.5. The van der Waals surface area contributed by atoms with Crippen LogP contribution in [-0.4, -0.2) is 25.7 Å². The molecule has 0 radical (unpaired) electrons. The van der Waals surface area contributed by atoms with Crippen LogP contribution in [0.15, 0.2) is 18.3 Å². The predicted octanol–water partition coefficient (Wildman–Crippen LogP) is 4.33. The van der Waals surface area contributed by atoms with Gasteiger partial charge < -0.3 is 5.32 Å². The van der Waals surface area contributed by atoms with E-state index in [1.54, 1.807) is 11.3 Å². The molecule has 1 amide bonds. The van der Waals surface area contributed by atoms with Crippen LogP contribution in [0.25, 0.3) is 21.8 Å². The molecule has 0 bridgehead atoms. The number of carbonyl (C=O) groups is 1. The maximum Gasteiger partial charge on any atom is 0.223 e. The molecular formula is C20H21N5OS. The Balaban J connectivity index is 1.71. The van der Waals surface area contributed by atoms with Crippen molar-refractivity contribution in [1.29, 1.82) is 0 Å². The van der Waals surface area contributed by atoms with E-state index in [-0.39, 0.29) is 5.91 Å². The van der Waals surface area contributed by atoms with Gasteiger partial charge in [-0.3, -0.25) is 14.5 Å². The van der Waals surface area contributed by atoms with E-state index in [9.17, 15) is 4.79 Å². The number of hydrogen-bond donors (Lipinski definition) is 1. The van der Waals surface area contributed by atoms with Gasteiger partial charge in [0.25, 0.3) is 0 Å². The largest absolute Gasteiger partial charge is 0.302 e. The van der Waals surface area contributed by atoms with Gasteiger partial charge in [-0.05, 0) is 44.2 Å². The van der Waals surface area contributed by atoms with E-state index in [2.05, 4.69) is 33.0 Å². The zero-order valence-corrected chi connectivity index (χ0v) is 16.4. The van der Waals surface area contributed by atoms with Crippen LogP contribution in [0.1, 0.15) is 55.6 Å². The second-order valence-corrected chi connectivity index (χ2v) is 8.56. The van der Waals surface area contributed by atoms with Crippen LogP contribution in [0.3, 0.4) is 0 Å². The minimum atomic E-state index is -0.0866. The molecule has 1 unspecified atom stereocenters. The van der Waals surface area contributed by atoms with Crippen LogP contribution in [0, 0.1) is 6.92 Å². The van der Waals surface area contributed by atoms with E-state index in [1.165, 1.54) is 31.0 Å². The summed E-state index contributed by atoms with van der Waals surface area (Å²) in [6, 6.07) is 4.62. The number of nitrogens with zero attached hydrogens (tertiary/aromatic N) is 4. The van der Waals surface area contributed by atoms with Gasteiger partial charge in [0, 0.05) is 29.9 Å². The van der Waals surface area contributed by atoms with Crippen molar-refractivity contribution in [1.82, 2.24) is 19.7 Å². The van der Waals surface area contributed by atoms with E-state index in [0.29, 0.717) is 17.1 Å². The van der Waals surface area contributed by atoms with Gasteiger partial charge in [-0.15, -0.1) is 0 Å². The van der Waals surface area contributed by atoms with Crippen molar-refractivity contribution in [2.45, 2.75) is 52.0 Å². The van der Waals surface area contributed by atoms with Crippen molar-refractivity contribution in [3.05, 3.63) is 35.3 Å². The first-order chi connectivity index (χ1) is 13.0. The van der Waals surface area contributed by atoms with Crippen molar-refractivity contribution in [2.24, 2.45) is 0 Å². The normalized spacial score (nSPS) is 18.1. The van der Waals surface area contributed by atoms with E-state index in [4.69, 9.17) is 5.10 Å². The fourth-order valence-corrected chi connectivity index (χ4v) is 4.91. The fraction of sp³-hybridized carbons (Fsp3) is 0.400. The number of aryl methyl sites for hydroxylation is 1. The minimum Gasteiger partial charge on any atom is -0.302 e. The van der Waals surface area contributed by atoms with Crippen molar-refractivity contribution in [3.63, 3.8) is 0 Å². The standard InChI is InChI=1S/C20H21N5OS/c1-10-8-15-19(27-20(23-15)22-12(3)26)18-16(10)17(24-25(18)14-6-7-14)13-5-4-11(2)21-9-13/h4-5,9-10,14H,6-8H2,1-3H3,(H,22,23,26). The summed E-state index contributed by atoms with van der Waals surface area (Å²) >= 11 is 1.56. The maximum atomic E-state index is 11.5. The summed E-state index contributed by atoms with van der Waals surface area (Å²) in [7, 11) is 0. The lowest BCUT2D eigenvalue weighted by molar-refractivity contribution is -0.114. The number of pyridine rings is 1. The molecule has 3 aromatic heterocycles. The molecule has 7 heteroatoms. The van der Waals surface area contributed by atoms with E-state index in [1.807, 2.05) is 19.2 Å². The van der Waals surface area contributed by atoms with Crippen molar-refractivity contribution < 1.29 is 4.79 Å². The van der Waals surface area contributed by atoms with Crippen LogP contribution in [-0.2, 0) is 11.2 Å². The predicted molar refractivity (Wildman–Crippen MR) is 106 cm³/mol. The highest BCUT2D eigenvalue weighted by Crippen LogP contribution is 2.50. The lowest BCUT2D eigenvalue weighted by Crippen LogP contribution is -2.10. The molecular weight excluding hydrogens is 358 g/mol. The van der Waals surface area contributed by atoms with Gasteiger partial charge in [0.05, 0.1) is 28.0 Å². The molecule has 0 aliphatic heterocycles. The first-order valence-corrected chi connectivity index (χ1v) is 10.2. The molecule has 27 heavy (non-hydrogen) atoms. The molecule has 0 saturated heterocycles. The Bertz CT molecular complexity index is 1050. The Labute approximate surface area is 161 Å². The number of carbonyl (C=O) groups excluding carboxylic acids is 1. The Morgan fingerprint density at radius 3 is 2.81 bits per heavy atom. The highest BCUT2D eigenvalue weighted by molar-refractivity contribution is 7.19. The third-order valence-corrected chi connectivity index (χ3v) is 6.23. The highest BCUT2D eigenvalue weighted by Gasteiger charge is 2.37. The molecule has 3 heterocycles. The van der Waals surface area contributed by atoms with Gasteiger partial charge in [0.1, 0.15) is 0 Å². The second kappa shape index (κ2) is 5.99. The lowest BCUT2D eigenvalue weighted by atomic mass is 9.86. The lowest BCUT2D eigenvalue weighted by Gasteiger charge is -2.20. The zero-order chi connectivity index (χ0) is 18.7. The summed E-state index contributed by atoms with van der Waals surface area (Å²) in [5.74, 6) is 0.236. The number of hydrogen-bond acceptors (Lipinski definition) is 5. The number of aromatic nitrogens is 4. The van der Waals surface area contributed by atoms with Crippen LogP contribution in [0.4, 0.5) is 5.13 Å². The molecule has 3 aromatic rings. The van der Waals surface area contributed by atoms with Gasteiger partial charge in [-0.25, -0.2) is 4.98 Å². The molecule has 1 fully saturated rings. The Kier molecular flexibility index (Phi) is 3.69. The first-order valence-electron chi connectivity index (χ1n) is 9.34. The summed E-state index contributed by atoms with van der Waals surface area (Å²) in [6.45, 7) is 5.76. The van der Waals surface area contributed by atoms with Crippen LogP contribution in [0.5, 0.6) is 0 Å². The van der Waals surface area contributed by atoms with Gasteiger partial charge in [0.15, 0.2) is 5.13 Å². The molecule has 1 N–H and O–H groups in total. The average molecular weight is 379 g/mol. The summed E-state index contributed by atoms with van der Waals surface area (Å²) < 4.78 is 2.20. The zero-order valence-electron chi connectivity index (χ0n) is 15.6. The molecule has 0 aromatic carbocycles. The Morgan fingerprint density at radius 1 is 1.33 bits per heavy atom. The van der Waals surface area contributed by atoms with Gasteiger partial charge in [-0.1, -0.05) is 18.3 Å².